The molecule has 23 heteroatoms. The Labute approximate surface area is 300 Å². The van der Waals surface area contributed by atoms with Crippen LogP contribution in [0.5, 0.6) is 0 Å². The predicted molar refractivity (Wildman–Crippen MR) is 183 cm³/mol. The highest BCUT2D eigenvalue weighted by Gasteiger charge is 2.80. The van der Waals surface area contributed by atoms with Crippen molar-refractivity contribution in [1.82, 2.24) is 0 Å². The summed E-state index contributed by atoms with van der Waals surface area (Å²) >= 11 is 0. The molecule has 0 aliphatic carbocycles. The first kappa shape index (κ1) is 51.0. The van der Waals surface area contributed by atoms with Gasteiger partial charge in [0.25, 0.3) is 0 Å². The first-order chi connectivity index (χ1) is 22.9. The lowest BCUT2D eigenvalue weighted by atomic mass is 9.89. The first-order valence-corrected chi connectivity index (χ1v) is 30.2. The largest absolute Gasteiger partial charge is 0.500 e. The van der Waals surface area contributed by atoms with Crippen molar-refractivity contribution >= 4 is 42.6 Å². The van der Waals surface area contributed by atoms with Crippen LogP contribution in [0.4, 0.5) is 48.3 Å². The molecular formula is C28H57F11O7Si5. The monoisotopic (exact) mass is 854 g/mol. The second-order valence-electron chi connectivity index (χ2n) is 13.6. The minimum Gasteiger partial charge on any atom is -0.436 e. The number of hydrogen-bond acceptors (Lipinski definition) is 7. The maximum atomic E-state index is 14.9. The van der Waals surface area contributed by atoms with Crippen LogP contribution < -0.4 is 0 Å². The lowest BCUT2D eigenvalue weighted by molar-refractivity contribution is -0.374. The molecule has 2 unspecified atom stereocenters. The molecular weight excluding hydrogens is 798 g/mol. The Balaban J connectivity index is 6.87. The van der Waals surface area contributed by atoms with Crippen LogP contribution >= 0.6 is 0 Å². The highest BCUT2D eigenvalue weighted by Crippen LogP contribution is 2.56. The Hall–Kier alpha value is 0.0344. The molecule has 0 bridgehead atoms. The van der Waals surface area contributed by atoms with Crippen molar-refractivity contribution in [2.24, 2.45) is 5.92 Å². The molecule has 0 spiro atoms. The van der Waals surface area contributed by atoms with Gasteiger partial charge in [-0.15, -0.1) is 0 Å². The average Bonchev–Trinajstić information content (AvgIpc) is 2.94. The summed E-state index contributed by atoms with van der Waals surface area (Å²) in [6.45, 7) is 20.2. The van der Waals surface area contributed by atoms with Gasteiger partial charge in [0.2, 0.25) is 0 Å². The summed E-state index contributed by atoms with van der Waals surface area (Å²) in [5, 5.41) is 0. The zero-order valence-electron chi connectivity index (χ0n) is 31.4. The summed E-state index contributed by atoms with van der Waals surface area (Å²) in [6, 6.07) is 0.188. The number of alkyl halides is 11. The van der Waals surface area contributed by atoms with Crippen LogP contribution in [-0.4, -0.2) is 106 Å². The lowest BCUT2D eigenvalue weighted by Gasteiger charge is -2.43. The number of hydrogen-bond donors (Lipinski definition) is 0. The molecule has 0 fully saturated rings. The van der Waals surface area contributed by atoms with Gasteiger partial charge >= 0.3 is 56.3 Å². The molecule has 51 heavy (non-hydrogen) atoms. The van der Waals surface area contributed by atoms with E-state index in [2.05, 4.69) is 0 Å². The lowest BCUT2D eigenvalue weighted by Crippen LogP contribution is -2.63. The molecule has 0 radical (unpaired) electrons. The van der Waals surface area contributed by atoms with Gasteiger partial charge in [0.15, 0.2) is 16.6 Å². The topological polar surface area (TPSA) is 64.6 Å². The van der Waals surface area contributed by atoms with E-state index in [0.717, 1.165) is 0 Å². The van der Waals surface area contributed by atoms with E-state index < -0.39 is 91.3 Å². The van der Waals surface area contributed by atoms with E-state index in [1.165, 1.54) is 6.55 Å². The third kappa shape index (κ3) is 14.9. The van der Waals surface area contributed by atoms with E-state index in [1.807, 2.05) is 6.55 Å². The maximum Gasteiger partial charge on any atom is 0.500 e. The van der Waals surface area contributed by atoms with E-state index >= 15 is 0 Å². The molecule has 0 aromatic carbocycles. The van der Waals surface area contributed by atoms with Gasteiger partial charge in [-0.25, -0.2) is 8.78 Å². The van der Waals surface area contributed by atoms with Gasteiger partial charge in [0.05, 0.1) is 0 Å². The van der Waals surface area contributed by atoms with Gasteiger partial charge in [0, 0.05) is 39.1 Å². The Morgan fingerprint density at radius 1 is 0.471 bits per heavy atom. The Morgan fingerprint density at radius 2 is 0.843 bits per heavy atom. The fourth-order valence-corrected chi connectivity index (χ4v) is 29.5. The van der Waals surface area contributed by atoms with Crippen LogP contribution in [0.3, 0.4) is 0 Å². The standard InChI is InChI=1S/C28H57F11O7Si5/c1-12-40-49(10,41-13-2)21-19-47(6,7)45-50(11,46-48(8,9)20-22-51(42-14-3,43-15-4)44-16-5)18-17-23(27(35,36)37)25(31,32)28(38,39)26(33,34)24(29)30/h23-24H,12-22H2,1-11H3. The quantitative estimate of drug-likeness (QED) is 0.0602. The smallest absolute Gasteiger partial charge is 0.436 e. The van der Waals surface area contributed by atoms with Gasteiger partial charge in [-0.2, -0.15) is 39.5 Å². The Morgan fingerprint density at radius 3 is 1.18 bits per heavy atom. The van der Waals surface area contributed by atoms with Crippen molar-refractivity contribution in [2.75, 3.05) is 33.0 Å². The second kappa shape index (κ2) is 19.8. The molecule has 2 atom stereocenters. The van der Waals surface area contributed by atoms with E-state index in [1.54, 1.807) is 60.8 Å². The maximum absolute atomic E-state index is 14.9. The van der Waals surface area contributed by atoms with Crippen LogP contribution in [0, 0.1) is 5.92 Å². The van der Waals surface area contributed by atoms with Crippen LogP contribution in [0.2, 0.25) is 69.5 Å². The molecule has 0 N–H and O–H groups in total. The van der Waals surface area contributed by atoms with Crippen molar-refractivity contribution in [2.45, 2.75) is 141 Å². The van der Waals surface area contributed by atoms with Crippen LogP contribution in [-0.2, 0) is 30.4 Å². The summed E-state index contributed by atoms with van der Waals surface area (Å²) in [5.41, 5.74) is 0. The molecule has 7 nitrogen and oxygen atoms in total. The molecule has 0 aliphatic rings. The number of halogens is 11. The fourth-order valence-electron chi connectivity index (χ4n) is 5.71. The predicted octanol–water partition coefficient (Wildman–Crippen LogP) is 10.4. The fraction of sp³-hybridized carbons (Fsp3) is 1.00. The third-order valence-electron chi connectivity index (χ3n) is 8.02. The molecule has 308 valence electrons. The molecule has 0 aromatic heterocycles. The zero-order valence-corrected chi connectivity index (χ0v) is 36.4. The third-order valence-corrected chi connectivity index (χ3v) is 27.0. The van der Waals surface area contributed by atoms with E-state index in [9.17, 15) is 48.3 Å². The normalized spacial score (nSPS) is 16.5. The first-order valence-electron chi connectivity index (χ1n) is 17.0. The summed E-state index contributed by atoms with van der Waals surface area (Å²) in [7, 11) is -16.2. The summed E-state index contributed by atoms with van der Waals surface area (Å²) in [6.07, 6.45) is -13.4. The van der Waals surface area contributed by atoms with E-state index in [4.69, 9.17) is 30.4 Å². The van der Waals surface area contributed by atoms with Crippen molar-refractivity contribution < 1.29 is 78.7 Å². The Kier molecular flexibility index (Phi) is 19.8. The van der Waals surface area contributed by atoms with Gasteiger partial charge < -0.3 is 30.4 Å². The van der Waals surface area contributed by atoms with E-state index in [0.29, 0.717) is 25.3 Å². The highest BCUT2D eigenvalue weighted by atomic mass is 28.5. The minimum atomic E-state index is -7.05. The van der Waals surface area contributed by atoms with Crippen molar-refractivity contribution in [3.05, 3.63) is 0 Å². The van der Waals surface area contributed by atoms with Gasteiger partial charge in [-0.1, -0.05) is 0 Å². The molecule has 0 aliphatic heterocycles. The van der Waals surface area contributed by atoms with Gasteiger partial charge in [-0.05, 0) is 104 Å². The van der Waals surface area contributed by atoms with Crippen molar-refractivity contribution in [1.29, 1.82) is 0 Å². The minimum absolute atomic E-state index is 0.220. The van der Waals surface area contributed by atoms with E-state index in [-0.39, 0.29) is 31.9 Å². The summed E-state index contributed by atoms with van der Waals surface area (Å²) < 4.78 is 196. The van der Waals surface area contributed by atoms with Crippen LogP contribution in [0.1, 0.15) is 41.0 Å². The van der Waals surface area contributed by atoms with Crippen molar-refractivity contribution in [3.8, 4) is 0 Å². The molecule has 0 saturated heterocycles. The summed E-state index contributed by atoms with van der Waals surface area (Å²) in [5.74, 6) is -24.9. The Bertz CT molecular complexity index is 1010. The SMILES string of the molecule is CCO[Si](C)(CC[Si](C)(C)O[Si](C)(CCC(C(F)(F)F)C(F)(F)C(F)(F)C(F)(F)C(F)F)O[Si](C)(C)CC[Si](OCC)(OCC)OCC)OCC. The molecule has 0 amide bonds. The highest BCUT2D eigenvalue weighted by molar-refractivity contribution is 6.89. The molecule has 0 saturated carbocycles. The second-order valence-corrected chi connectivity index (χ2v) is 32.1. The van der Waals surface area contributed by atoms with Crippen LogP contribution in [0.25, 0.3) is 0 Å². The molecule has 0 heterocycles. The average molecular weight is 855 g/mol. The summed E-state index contributed by atoms with van der Waals surface area (Å²) in [4.78, 5) is 0. The van der Waals surface area contributed by atoms with Gasteiger partial charge in [-0.3, -0.25) is 0 Å². The number of rotatable bonds is 27. The zero-order chi connectivity index (χ0) is 40.4. The molecule has 0 rings (SSSR count). The van der Waals surface area contributed by atoms with Crippen LogP contribution in [0.15, 0.2) is 0 Å². The molecule has 0 aromatic rings. The van der Waals surface area contributed by atoms with Gasteiger partial charge in [0.1, 0.15) is 5.92 Å². The van der Waals surface area contributed by atoms with Crippen molar-refractivity contribution in [3.63, 3.8) is 0 Å².